The lowest BCUT2D eigenvalue weighted by atomic mass is 10.3. The van der Waals surface area contributed by atoms with E-state index in [9.17, 15) is 0 Å². The molecular formula is C7H14ClNO. The average molecular weight is 164 g/mol. The van der Waals surface area contributed by atoms with Gasteiger partial charge in [-0.3, -0.25) is 4.90 Å². The number of rotatable bonds is 2. The first-order valence-corrected chi connectivity index (χ1v) is 4.24. The van der Waals surface area contributed by atoms with Gasteiger partial charge in [-0.25, -0.2) is 0 Å². The van der Waals surface area contributed by atoms with E-state index in [0.717, 1.165) is 32.7 Å². The van der Waals surface area contributed by atoms with Crippen LogP contribution in [0.1, 0.15) is 13.3 Å². The zero-order valence-electron chi connectivity index (χ0n) is 6.35. The molecule has 1 fully saturated rings. The van der Waals surface area contributed by atoms with Gasteiger partial charge in [0.15, 0.2) is 0 Å². The van der Waals surface area contributed by atoms with Crippen LogP contribution >= 0.6 is 11.6 Å². The van der Waals surface area contributed by atoms with Crippen LogP contribution in [0.4, 0.5) is 0 Å². The number of morpholine rings is 1. The molecule has 0 aromatic heterocycles. The first kappa shape index (κ1) is 8.31. The van der Waals surface area contributed by atoms with Gasteiger partial charge in [0.05, 0.1) is 18.7 Å². The molecule has 0 aromatic rings. The zero-order valence-corrected chi connectivity index (χ0v) is 7.10. The van der Waals surface area contributed by atoms with Crippen molar-refractivity contribution in [2.75, 3.05) is 26.3 Å². The second kappa shape index (κ2) is 4.16. The molecule has 0 saturated carbocycles. The van der Waals surface area contributed by atoms with Gasteiger partial charge in [0, 0.05) is 13.1 Å². The number of nitrogens with zero attached hydrogens (tertiary/aromatic N) is 1. The monoisotopic (exact) mass is 163 g/mol. The zero-order chi connectivity index (χ0) is 7.40. The fourth-order valence-electron chi connectivity index (χ4n) is 1.12. The SMILES string of the molecule is CCC(Cl)N1CCOCC1. The van der Waals surface area contributed by atoms with Crippen LogP contribution in [-0.4, -0.2) is 36.7 Å². The summed E-state index contributed by atoms with van der Waals surface area (Å²) in [6.45, 7) is 5.75. The van der Waals surface area contributed by atoms with Gasteiger partial charge in [0.2, 0.25) is 0 Å². The first-order valence-electron chi connectivity index (χ1n) is 3.80. The predicted octanol–water partition coefficient (Wildman–Crippen LogP) is 1.29. The molecule has 60 valence electrons. The normalized spacial score (nSPS) is 24.6. The fourth-order valence-corrected chi connectivity index (χ4v) is 1.31. The minimum Gasteiger partial charge on any atom is -0.379 e. The number of hydrogen-bond acceptors (Lipinski definition) is 2. The second-order valence-electron chi connectivity index (χ2n) is 2.49. The summed E-state index contributed by atoms with van der Waals surface area (Å²) in [6, 6.07) is 0. The van der Waals surface area contributed by atoms with Gasteiger partial charge in [-0.15, -0.1) is 11.6 Å². The van der Waals surface area contributed by atoms with Crippen LogP contribution < -0.4 is 0 Å². The Morgan fingerprint density at radius 2 is 2.10 bits per heavy atom. The molecule has 0 N–H and O–H groups in total. The summed E-state index contributed by atoms with van der Waals surface area (Å²) in [5.74, 6) is 0. The van der Waals surface area contributed by atoms with Crippen molar-refractivity contribution in [3.05, 3.63) is 0 Å². The van der Waals surface area contributed by atoms with Crippen molar-refractivity contribution in [3.8, 4) is 0 Å². The van der Waals surface area contributed by atoms with Crippen molar-refractivity contribution >= 4 is 11.6 Å². The first-order chi connectivity index (χ1) is 4.84. The van der Waals surface area contributed by atoms with Gasteiger partial charge in [-0.1, -0.05) is 6.92 Å². The van der Waals surface area contributed by atoms with Gasteiger partial charge in [-0.2, -0.15) is 0 Å². The van der Waals surface area contributed by atoms with E-state index in [1.54, 1.807) is 0 Å². The van der Waals surface area contributed by atoms with E-state index in [0.29, 0.717) is 0 Å². The highest BCUT2D eigenvalue weighted by Crippen LogP contribution is 2.10. The molecule has 1 atom stereocenters. The average Bonchev–Trinajstić information content (AvgIpc) is 2.05. The van der Waals surface area contributed by atoms with E-state index >= 15 is 0 Å². The Balaban J connectivity index is 2.24. The van der Waals surface area contributed by atoms with Crippen LogP contribution in [-0.2, 0) is 4.74 Å². The van der Waals surface area contributed by atoms with E-state index < -0.39 is 0 Å². The number of hydrogen-bond donors (Lipinski definition) is 0. The van der Waals surface area contributed by atoms with Crippen LogP contribution in [0.2, 0.25) is 0 Å². The van der Waals surface area contributed by atoms with E-state index in [-0.39, 0.29) is 5.50 Å². The predicted molar refractivity (Wildman–Crippen MR) is 42.3 cm³/mol. The third kappa shape index (κ3) is 2.11. The van der Waals surface area contributed by atoms with Gasteiger partial charge in [-0.05, 0) is 6.42 Å². The highest BCUT2D eigenvalue weighted by Gasteiger charge is 2.16. The Kier molecular flexibility index (Phi) is 3.46. The minimum absolute atomic E-state index is 0.212. The summed E-state index contributed by atoms with van der Waals surface area (Å²) in [5, 5.41) is 0. The maximum Gasteiger partial charge on any atom is 0.0849 e. The molecule has 1 rings (SSSR count). The van der Waals surface area contributed by atoms with Crippen LogP contribution in [0.3, 0.4) is 0 Å². The lowest BCUT2D eigenvalue weighted by molar-refractivity contribution is 0.0308. The number of ether oxygens (including phenoxy) is 1. The summed E-state index contributed by atoms with van der Waals surface area (Å²) in [7, 11) is 0. The molecule has 1 saturated heterocycles. The molecule has 0 amide bonds. The molecule has 2 nitrogen and oxygen atoms in total. The molecule has 1 aliphatic rings. The molecule has 1 aliphatic heterocycles. The van der Waals surface area contributed by atoms with E-state index in [2.05, 4.69) is 11.8 Å². The third-order valence-corrected chi connectivity index (χ3v) is 2.36. The maximum atomic E-state index is 6.01. The standard InChI is InChI=1S/C7H14ClNO/c1-2-7(8)9-3-5-10-6-4-9/h7H,2-6H2,1H3. The Bertz CT molecular complexity index is 93.6. The van der Waals surface area contributed by atoms with Gasteiger partial charge in [0.25, 0.3) is 0 Å². The minimum atomic E-state index is 0.212. The highest BCUT2D eigenvalue weighted by atomic mass is 35.5. The topological polar surface area (TPSA) is 12.5 Å². The largest absolute Gasteiger partial charge is 0.379 e. The molecule has 10 heavy (non-hydrogen) atoms. The van der Waals surface area contributed by atoms with Gasteiger partial charge >= 0.3 is 0 Å². The quantitative estimate of drug-likeness (QED) is 0.450. The molecule has 3 heteroatoms. The number of alkyl halides is 1. The van der Waals surface area contributed by atoms with Crippen LogP contribution in [0.25, 0.3) is 0 Å². The van der Waals surface area contributed by atoms with E-state index in [4.69, 9.17) is 16.3 Å². The summed E-state index contributed by atoms with van der Waals surface area (Å²) < 4.78 is 5.19. The van der Waals surface area contributed by atoms with E-state index in [1.165, 1.54) is 0 Å². The van der Waals surface area contributed by atoms with Gasteiger partial charge < -0.3 is 4.74 Å². The lowest BCUT2D eigenvalue weighted by Crippen LogP contribution is -2.40. The smallest absolute Gasteiger partial charge is 0.0849 e. The van der Waals surface area contributed by atoms with Crippen molar-refractivity contribution < 1.29 is 4.74 Å². The maximum absolute atomic E-state index is 6.01. The Morgan fingerprint density at radius 3 is 2.60 bits per heavy atom. The highest BCUT2D eigenvalue weighted by molar-refractivity contribution is 6.20. The van der Waals surface area contributed by atoms with Crippen molar-refractivity contribution in [2.24, 2.45) is 0 Å². The summed E-state index contributed by atoms with van der Waals surface area (Å²) in [6.07, 6.45) is 1.02. The Hall–Kier alpha value is 0.210. The van der Waals surface area contributed by atoms with E-state index in [1.807, 2.05) is 0 Å². The molecule has 0 aliphatic carbocycles. The second-order valence-corrected chi connectivity index (χ2v) is 2.99. The third-order valence-electron chi connectivity index (χ3n) is 1.78. The molecule has 1 unspecified atom stereocenters. The molecule has 0 spiro atoms. The fraction of sp³-hybridized carbons (Fsp3) is 1.00. The Morgan fingerprint density at radius 1 is 1.50 bits per heavy atom. The van der Waals surface area contributed by atoms with Crippen molar-refractivity contribution in [1.82, 2.24) is 4.90 Å². The molecule has 0 aromatic carbocycles. The van der Waals surface area contributed by atoms with Crippen molar-refractivity contribution in [3.63, 3.8) is 0 Å². The van der Waals surface area contributed by atoms with Crippen LogP contribution in [0.15, 0.2) is 0 Å². The Labute approximate surface area is 67.1 Å². The van der Waals surface area contributed by atoms with Crippen molar-refractivity contribution in [1.29, 1.82) is 0 Å². The van der Waals surface area contributed by atoms with Crippen LogP contribution in [0, 0.1) is 0 Å². The van der Waals surface area contributed by atoms with Crippen molar-refractivity contribution in [2.45, 2.75) is 18.8 Å². The molecule has 0 bridgehead atoms. The molecular weight excluding hydrogens is 150 g/mol. The lowest BCUT2D eigenvalue weighted by Gasteiger charge is -2.29. The summed E-state index contributed by atoms with van der Waals surface area (Å²) in [4.78, 5) is 2.26. The molecule has 1 heterocycles. The number of halogens is 1. The summed E-state index contributed by atoms with van der Waals surface area (Å²) >= 11 is 6.01. The van der Waals surface area contributed by atoms with Gasteiger partial charge in [0.1, 0.15) is 0 Å². The van der Waals surface area contributed by atoms with Crippen LogP contribution in [0.5, 0.6) is 0 Å². The summed E-state index contributed by atoms with van der Waals surface area (Å²) in [5.41, 5.74) is 0.212. The molecule has 0 radical (unpaired) electrons.